The fourth-order valence-electron chi connectivity index (χ4n) is 3.35. The summed E-state index contributed by atoms with van der Waals surface area (Å²) in [6.07, 6.45) is 0.205. The highest BCUT2D eigenvalue weighted by atomic mass is 32.1. The molecule has 3 aromatic rings. The summed E-state index contributed by atoms with van der Waals surface area (Å²) in [4.78, 5) is 31.0. The Kier molecular flexibility index (Phi) is 5.71. The quantitative estimate of drug-likeness (QED) is 0.576. The van der Waals surface area contributed by atoms with Gasteiger partial charge in [0.25, 0.3) is 0 Å². The van der Waals surface area contributed by atoms with E-state index >= 15 is 0 Å². The molecule has 4 rings (SSSR count). The van der Waals surface area contributed by atoms with Gasteiger partial charge in [-0.25, -0.2) is 4.98 Å². The molecule has 2 aromatic carbocycles. The second-order valence-electron chi connectivity index (χ2n) is 7.28. The van der Waals surface area contributed by atoms with Crippen LogP contribution in [-0.2, 0) is 27.5 Å². The van der Waals surface area contributed by atoms with E-state index in [4.69, 9.17) is 4.74 Å². The maximum atomic E-state index is 12.5. The molecule has 148 valence electrons. The zero-order valence-corrected chi connectivity index (χ0v) is 17.0. The number of hydrogen-bond donors (Lipinski definition) is 0. The number of carbonyl (C=O) groups excluding carboxylic acids is 2. The number of hydrogen-bond acceptors (Lipinski definition) is 5. The van der Waals surface area contributed by atoms with Crippen LogP contribution >= 0.6 is 11.3 Å². The lowest BCUT2D eigenvalue weighted by atomic mass is 10.1. The number of amides is 1. The molecular weight excluding hydrogens is 384 g/mol. The van der Waals surface area contributed by atoms with Crippen LogP contribution < -0.4 is 0 Å². The molecule has 1 amide bonds. The first kappa shape index (κ1) is 19.3. The van der Waals surface area contributed by atoms with Crippen LogP contribution in [0, 0.1) is 12.8 Å². The highest BCUT2D eigenvalue weighted by Crippen LogP contribution is 2.25. The van der Waals surface area contributed by atoms with Crippen molar-refractivity contribution in [1.29, 1.82) is 0 Å². The minimum absolute atomic E-state index is 0.00690. The van der Waals surface area contributed by atoms with Crippen LogP contribution in [0.4, 0.5) is 0 Å². The van der Waals surface area contributed by atoms with Gasteiger partial charge >= 0.3 is 5.97 Å². The van der Waals surface area contributed by atoms with Crippen molar-refractivity contribution in [3.05, 3.63) is 76.8 Å². The van der Waals surface area contributed by atoms with E-state index in [0.717, 1.165) is 21.8 Å². The van der Waals surface area contributed by atoms with E-state index in [9.17, 15) is 9.59 Å². The molecule has 1 aromatic heterocycles. The molecule has 1 fully saturated rings. The lowest BCUT2D eigenvalue weighted by Gasteiger charge is -2.16. The summed E-state index contributed by atoms with van der Waals surface area (Å²) in [5.74, 6) is -0.758. The van der Waals surface area contributed by atoms with Gasteiger partial charge in [0.2, 0.25) is 5.91 Å². The SMILES string of the molecule is Cc1ccc(CN2CC(C(=O)OCc3csc(-c4ccccc4)n3)CC2=O)cc1. The minimum Gasteiger partial charge on any atom is -0.459 e. The summed E-state index contributed by atoms with van der Waals surface area (Å²) < 4.78 is 5.45. The molecule has 2 heterocycles. The summed E-state index contributed by atoms with van der Waals surface area (Å²) >= 11 is 1.52. The van der Waals surface area contributed by atoms with Gasteiger partial charge in [0, 0.05) is 30.5 Å². The average molecular weight is 407 g/mol. The Morgan fingerprint density at radius 1 is 1.17 bits per heavy atom. The van der Waals surface area contributed by atoms with Crippen LogP contribution in [0.3, 0.4) is 0 Å². The molecule has 0 aliphatic carbocycles. The van der Waals surface area contributed by atoms with Crippen LogP contribution in [0.2, 0.25) is 0 Å². The van der Waals surface area contributed by atoms with Gasteiger partial charge in [-0.15, -0.1) is 11.3 Å². The molecular formula is C23H22N2O3S. The van der Waals surface area contributed by atoms with E-state index < -0.39 is 5.92 Å². The van der Waals surface area contributed by atoms with Gasteiger partial charge in [0.15, 0.2) is 0 Å². The topological polar surface area (TPSA) is 59.5 Å². The first-order valence-electron chi connectivity index (χ1n) is 9.58. The van der Waals surface area contributed by atoms with Crippen molar-refractivity contribution in [1.82, 2.24) is 9.88 Å². The summed E-state index contributed by atoms with van der Waals surface area (Å²) in [6, 6.07) is 18.0. The predicted octanol–water partition coefficient (Wildman–Crippen LogP) is 4.21. The average Bonchev–Trinajstić information content (AvgIpc) is 3.36. The zero-order valence-electron chi connectivity index (χ0n) is 16.2. The van der Waals surface area contributed by atoms with Gasteiger partial charge in [0.1, 0.15) is 11.6 Å². The third kappa shape index (κ3) is 4.71. The first-order valence-corrected chi connectivity index (χ1v) is 10.5. The molecule has 0 N–H and O–H groups in total. The van der Waals surface area contributed by atoms with Crippen molar-refractivity contribution in [2.75, 3.05) is 6.54 Å². The van der Waals surface area contributed by atoms with Crippen molar-refractivity contribution < 1.29 is 14.3 Å². The Bertz CT molecular complexity index is 998. The van der Waals surface area contributed by atoms with E-state index in [-0.39, 0.29) is 24.9 Å². The molecule has 1 aliphatic rings. The minimum atomic E-state index is -0.417. The number of rotatable bonds is 6. The summed E-state index contributed by atoms with van der Waals surface area (Å²) in [5.41, 5.74) is 4.01. The van der Waals surface area contributed by atoms with E-state index in [2.05, 4.69) is 4.98 Å². The number of ether oxygens (including phenoxy) is 1. The summed E-state index contributed by atoms with van der Waals surface area (Å²) in [7, 11) is 0. The Morgan fingerprint density at radius 2 is 1.93 bits per heavy atom. The largest absolute Gasteiger partial charge is 0.459 e. The van der Waals surface area contributed by atoms with Crippen molar-refractivity contribution in [2.45, 2.75) is 26.5 Å². The van der Waals surface area contributed by atoms with E-state index in [1.54, 1.807) is 4.90 Å². The van der Waals surface area contributed by atoms with Crippen LogP contribution in [0.5, 0.6) is 0 Å². The Balaban J connectivity index is 1.31. The van der Waals surface area contributed by atoms with Gasteiger partial charge in [0.05, 0.1) is 11.6 Å². The highest BCUT2D eigenvalue weighted by molar-refractivity contribution is 7.13. The number of likely N-dealkylation sites (tertiary alicyclic amines) is 1. The fourth-order valence-corrected chi connectivity index (χ4v) is 4.16. The van der Waals surface area contributed by atoms with Gasteiger partial charge in [-0.3, -0.25) is 9.59 Å². The molecule has 1 atom stereocenters. The Hall–Kier alpha value is -2.99. The maximum Gasteiger partial charge on any atom is 0.311 e. The Labute approximate surface area is 174 Å². The Morgan fingerprint density at radius 3 is 2.69 bits per heavy atom. The van der Waals surface area contributed by atoms with Crippen molar-refractivity contribution in [2.24, 2.45) is 5.92 Å². The zero-order chi connectivity index (χ0) is 20.2. The number of esters is 1. The van der Waals surface area contributed by atoms with Gasteiger partial charge < -0.3 is 9.64 Å². The van der Waals surface area contributed by atoms with Crippen LogP contribution in [0.15, 0.2) is 60.0 Å². The molecule has 0 radical (unpaired) electrons. The first-order chi connectivity index (χ1) is 14.1. The number of nitrogens with zero attached hydrogens (tertiary/aromatic N) is 2. The second-order valence-corrected chi connectivity index (χ2v) is 8.14. The lowest BCUT2D eigenvalue weighted by molar-refractivity contribution is -0.149. The summed E-state index contributed by atoms with van der Waals surface area (Å²) in [5, 5.41) is 2.80. The van der Waals surface area contributed by atoms with E-state index in [1.807, 2.05) is 66.9 Å². The van der Waals surface area contributed by atoms with Crippen molar-refractivity contribution >= 4 is 23.2 Å². The molecule has 6 heteroatoms. The van der Waals surface area contributed by atoms with Crippen LogP contribution in [0.1, 0.15) is 23.2 Å². The molecule has 5 nitrogen and oxygen atoms in total. The third-order valence-electron chi connectivity index (χ3n) is 4.98. The predicted molar refractivity (Wildman–Crippen MR) is 112 cm³/mol. The van der Waals surface area contributed by atoms with E-state index in [0.29, 0.717) is 13.1 Å². The lowest BCUT2D eigenvalue weighted by Crippen LogP contribution is -2.26. The molecule has 0 spiro atoms. The smallest absolute Gasteiger partial charge is 0.311 e. The highest BCUT2D eigenvalue weighted by Gasteiger charge is 2.35. The van der Waals surface area contributed by atoms with Gasteiger partial charge in [-0.1, -0.05) is 60.2 Å². The molecule has 1 saturated heterocycles. The van der Waals surface area contributed by atoms with Crippen LogP contribution in [0.25, 0.3) is 10.6 Å². The van der Waals surface area contributed by atoms with Gasteiger partial charge in [-0.2, -0.15) is 0 Å². The monoisotopic (exact) mass is 406 g/mol. The van der Waals surface area contributed by atoms with Crippen LogP contribution in [-0.4, -0.2) is 28.3 Å². The van der Waals surface area contributed by atoms with E-state index in [1.165, 1.54) is 16.9 Å². The normalized spacial score (nSPS) is 16.2. The molecule has 1 unspecified atom stereocenters. The maximum absolute atomic E-state index is 12.5. The molecule has 0 bridgehead atoms. The molecule has 0 saturated carbocycles. The third-order valence-corrected chi connectivity index (χ3v) is 5.92. The van der Waals surface area contributed by atoms with Gasteiger partial charge in [-0.05, 0) is 12.5 Å². The number of aryl methyl sites for hydroxylation is 1. The van der Waals surface area contributed by atoms with Crippen molar-refractivity contribution in [3.63, 3.8) is 0 Å². The number of aromatic nitrogens is 1. The standard InChI is InChI=1S/C23H22N2O3S/c1-16-7-9-17(10-8-16)12-25-13-19(11-21(25)26)23(27)28-14-20-15-29-22(24-20)18-5-3-2-4-6-18/h2-10,15,19H,11-14H2,1H3. The fraction of sp³-hybridized carbons (Fsp3) is 0.261. The number of carbonyl (C=O) groups is 2. The molecule has 29 heavy (non-hydrogen) atoms. The molecule has 1 aliphatic heterocycles. The number of thiazole rings is 1. The number of benzene rings is 2. The summed E-state index contributed by atoms with van der Waals surface area (Å²) in [6.45, 7) is 3.08. The second kappa shape index (κ2) is 8.57. The van der Waals surface area contributed by atoms with Crippen molar-refractivity contribution in [3.8, 4) is 10.6 Å².